The number of benzene rings is 1. The summed E-state index contributed by atoms with van der Waals surface area (Å²) in [6.45, 7) is 7.09. The lowest BCUT2D eigenvalue weighted by atomic mass is 10.1. The summed E-state index contributed by atoms with van der Waals surface area (Å²) in [4.78, 5) is 7.37. The highest BCUT2D eigenvalue weighted by atomic mass is 16.5. The molecule has 0 amide bonds. The third-order valence-corrected chi connectivity index (χ3v) is 4.54. The van der Waals surface area contributed by atoms with Crippen molar-refractivity contribution in [1.82, 2.24) is 14.3 Å². The average molecular weight is 321 g/mol. The molecule has 2 aromatic heterocycles. The van der Waals surface area contributed by atoms with Crippen LogP contribution in [0.2, 0.25) is 0 Å². The van der Waals surface area contributed by atoms with Crippen molar-refractivity contribution in [2.75, 3.05) is 13.1 Å². The van der Waals surface area contributed by atoms with Crippen molar-refractivity contribution in [2.45, 2.75) is 32.6 Å². The Labute approximate surface area is 142 Å². The second-order valence-electron chi connectivity index (χ2n) is 6.65. The molecule has 1 aliphatic heterocycles. The molecule has 1 aromatic carbocycles. The number of rotatable bonds is 3. The molecule has 0 bridgehead atoms. The van der Waals surface area contributed by atoms with Gasteiger partial charge in [-0.3, -0.25) is 4.90 Å². The summed E-state index contributed by atoms with van der Waals surface area (Å²) < 4.78 is 8.09. The van der Waals surface area contributed by atoms with Crippen LogP contribution in [0.1, 0.15) is 19.5 Å². The Morgan fingerprint density at radius 2 is 1.71 bits per heavy atom. The zero-order valence-corrected chi connectivity index (χ0v) is 14.2. The van der Waals surface area contributed by atoms with E-state index in [0.717, 1.165) is 31.0 Å². The fourth-order valence-electron chi connectivity index (χ4n) is 3.65. The maximum atomic E-state index is 5.87. The number of fused-ring (bicyclic) bond motifs is 1. The third-order valence-electron chi connectivity index (χ3n) is 4.54. The van der Waals surface area contributed by atoms with Crippen molar-refractivity contribution in [1.29, 1.82) is 0 Å². The Balaban J connectivity index is 1.75. The zero-order chi connectivity index (χ0) is 16.5. The molecule has 3 heterocycles. The molecular weight excluding hydrogens is 298 g/mol. The van der Waals surface area contributed by atoms with Crippen LogP contribution in [0.25, 0.3) is 16.9 Å². The molecule has 0 spiro atoms. The molecule has 1 fully saturated rings. The molecule has 1 saturated heterocycles. The van der Waals surface area contributed by atoms with Gasteiger partial charge in [0.25, 0.3) is 0 Å². The van der Waals surface area contributed by atoms with Crippen LogP contribution in [0.15, 0.2) is 54.7 Å². The topological polar surface area (TPSA) is 29.8 Å². The fourth-order valence-corrected chi connectivity index (χ4v) is 3.65. The Morgan fingerprint density at radius 3 is 2.46 bits per heavy atom. The standard InChI is InChI=1S/C20H23N3O/c1-15-12-22(13-16(2)24-15)14-18-20(17-8-4-3-5-9-17)21-19-10-6-7-11-23(18)19/h3-11,15-16H,12-14H2,1-2H3/t15-,16-/m1/s1. The van der Waals surface area contributed by atoms with E-state index >= 15 is 0 Å². The highest BCUT2D eigenvalue weighted by Gasteiger charge is 2.24. The van der Waals surface area contributed by atoms with Gasteiger partial charge in [-0.15, -0.1) is 0 Å². The Kier molecular flexibility index (Phi) is 4.08. The van der Waals surface area contributed by atoms with Gasteiger partial charge in [0.2, 0.25) is 0 Å². The van der Waals surface area contributed by atoms with Crippen LogP contribution in [-0.2, 0) is 11.3 Å². The molecule has 24 heavy (non-hydrogen) atoms. The number of ether oxygens (including phenoxy) is 1. The van der Waals surface area contributed by atoms with E-state index in [1.807, 2.05) is 12.1 Å². The van der Waals surface area contributed by atoms with Crippen LogP contribution < -0.4 is 0 Å². The van der Waals surface area contributed by atoms with Gasteiger partial charge in [0.05, 0.1) is 23.6 Å². The smallest absolute Gasteiger partial charge is 0.137 e. The number of pyridine rings is 1. The number of hydrogen-bond acceptors (Lipinski definition) is 3. The number of imidazole rings is 1. The lowest BCUT2D eigenvalue weighted by Gasteiger charge is -2.35. The van der Waals surface area contributed by atoms with Crippen LogP contribution in [0.3, 0.4) is 0 Å². The molecule has 0 saturated carbocycles. The first-order valence-electron chi connectivity index (χ1n) is 8.60. The highest BCUT2D eigenvalue weighted by molar-refractivity contribution is 5.66. The van der Waals surface area contributed by atoms with Gasteiger partial charge in [-0.05, 0) is 26.0 Å². The second-order valence-corrected chi connectivity index (χ2v) is 6.65. The molecule has 4 nitrogen and oxygen atoms in total. The minimum atomic E-state index is 0.271. The van der Waals surface area contributed by atoms with Crippen molar-refractivity contribution < 1.29 is 4.74 Å². The lowest BCUT2D eigenvalue weighted by Crippen LogP contribution is -2.45. The number of hydrogen-bond donors (Lipinski definition) is 0. The van der Waals surface area contributed by atoms with Gasteiger partial charge in [0.1, 0.15) is 5.65 Å². The molecule has 0 radical (unpaired) electrons. The quantitative estimate of drug-likeness (QED) is 0.738. The fraction of sp³-hybridized carbons (Fsp3) is 0.350. The van der Waals surface area contributed by atoms with Gasteiger partial charge >= 0.3 is 0 Å². The molecule has 124 valence electrons. The van der Waals surface area contributed by atoms with Gasteiger partial charge in [-0.25, -0.2) is 4.98 Å². The summed E-state index contributed by atoms with van der Waals surface area (Å²) in [6, 6.07) is 16.6. The molecule has 0 aliphatic carbocycles. The van der Waals surface area contributed by atoms with Crippen molar-refractivity contribution in [3.63, 3.8) is 0 Å². The van der Waals surface area contributed by atoms with Gasteiger partial charge < -0.3 is 9.14 Å². The average Bonchev–Trinajstić information content (AvgIpc) is 2.94. The molecule has 0 N–H and O–H groups in total. The Bertz CT molecular complexity index is 817. The van der Waals surface area contributed by atoms with Gasteiger partial charge in [-0.2, -0.15) is 0 Å². The second kappa shape index (κ2) is 6.38. The van der Waals surface area contributed by atoms with Crippen LogP contribution >= 0.6 is 0 Å². The molecule has 1 aliphatic rings. The first-order chi connectivity index (χ1) is 11.7. The summed E-state index contributed by atoms with van der Waals surface area (Å²) in [5, 5.41) is 0. The first kappa shape index (κ1) is 15.4. The highest BCUT2D eigenvalue weighted by Crippen LogP contribution is 2.26. The molecule has 3 aromatic rings. The Morgan fingerprint density at radius 1 is 1.00 bits per heavy atom. The van der Waals surface area contributed by atoms with Crippen molar-refractivity contribution in [2.24, 2.45) is 0 Å². The van der Waals surface area contributed by atoms with Crippen molar-refractivity contribution >= 4 is 5.65 Å². The zero-order valence-electron chi connectivity index (χ0n) is 14.2. The summed E-state index contributed by atoms with van der Waals surface area (Å²) in [5.41, 5.74) is 4.50. The SMILES string of the molecule is C[C@@H]1CN(Cc2c(-c3ccccc3)nc3ccccn23)C[C@@H](C)O1. The van der Waals surface area contributed by atoms with E-state index in [1.54, 1.807) is 0 Å². The summed E-state index contributed by atoms with van der Waals surface area (Å²) >= 11 is 0. The van der Waals surface area contributed by atoms with E-state index in [4.69, 9.17) is 9.72 Å². The van der Waals surface area contributed by atoms with Crippen LogP contribution in [0.5, 0.6) is 0 Å². The molecular formula is C20H23N3O. The van der Waals surface area contributed by atoms with Crippen LogP contribution in [0.4, 0.5) is 0 Å². The summed E-state index contributed by atoms with van der Waals surface area (Å²) in [6.07, 6.45) is 2.65. The van der Waals surface area contributed by atoms with Gasteiger partial charge in [0, 0.05) is 31.4 Å². The third kappa shape index (κ3) is 2.95. The van der Waals surface area contributed by atoms with E-state index in [1.165, 1.54) is 11.3 Å². The minimum absolute atomic E-state index is 0.271. The lowest BCUT2D eigenvalue weighted by molar-refractivity contribution is -0.0707. The normalized spacial score (nSPS) is 22.1. The Hall–Kier alpha value is -2.17. The molecule has 4 heteroatoms. The van der Waals surface area contributed by atoms with Gasteiger partial charge in [0.15, 0.2) is 0 Å². The predicted octanol–water partition coefficient (Wildman–Crippen LogP) is 3.61. The summed E-state index contributed by atoms with van der Waals surface area (Å²) in [7, 11) is 0. The first-order valence-corrected chi connectivity index (χ1v) is 8.60. The van der Waals surface area contributed by atoms with E-state index in [-0.39, 0.29) is 12.2 Å². The minimum Gasteiger partial charge on any atom is -0.373 e. The molecule has 0 unspecified atom stereocenters. The maximum absolute atomic E-state index is 5.87. The summed E-state index contributed by atoms with van der Waals surface area (Å²) in [5.74, 6) is 0. The van der Waals surface area contributed by atoms with E-state index in [0.29, 0.717) is 0 Å². The van der Waals surface area contributed by atoms with E-state index < -0.39 is 0 Å². The monoisotopic (exact) mass is 321 g/mol. The van der Waals surface area contributed by atoms with Crippen molar-refractivity contribution in [3.8, 4) is 11.3 Å². The largest absolute Gasteiger partial charge is 0.373 e. The maximum Gasteiger partial charge on any atom is 0.137 e. The van der Waals surface area contributed by atoms with Gasteiger partial charge in [-0.1, -0.05) is 36.4 Å². The molecule has 4 rings (SSSR count). The van der Waals surface area contributed by atoms with E-state index in [2.05, 4.69) is 65.7 Å². The molecule has 2 atom stereocenters. The van der Waals surface area contributed by atoms with Crippen LogP contribution in [-0.4, -0.2) is 39.6 Å². The number of aromatic nitrogens is 2. The van der Waals surface area contributed by atoms with Crippen LogP contribution in [0, 0.1) is 0 Å². The number of morpholine rings is 1. The number of nitrogens with zero attached hydrogens (tertiary/aromatic N) is 3. The van der Waals surface area contributed by atoms with Crippen molar-refractivity contribution in [3.05, 3.63) is 60.4 Å². The van der Waals surface area contributed by atoms with E-state index in [9.17, 15) is 0 Å². The predicted molar refractivity (Wildman–Crippen MR) is 95.9 cm³/mol.